The van der Waals surface area contributed by atoms with Gasteiger partial charge in [0.1, 0.15) is 24.7 Å². The number of nitrogens with one attached hydrogen (secondary N) is 2. The summed E-state index contributed by atoms with van der Waals surface area (Å²) in [4.78, 5) is 38.4. The van der Waals surface area contributed by atoms with E-state index in [1.165, 1.54) is 31.4 Å². The lowest BCUT2D eigenvalue weighted by molar-refractivity contribution is -0.127. The number of carbonyl (C=O) groups is 3. The number of anilines is 1. The Morgan fingerprint density at radius 2 is 1.80 bits per heavy atom. The molecule has 0 radical (unpaired) electrons. The Bertz CT molecular complexity index is 1670. The average molecular weight is 560 g/mol. The molecule has 1 aliphatic rings. The monoisotopic (exact) mass is 559 g/mol. The lowest BCUT2D eigenvalue weighted by Crippen LogP contribution is -2.38. The maximum atomic E-state index is 13.8. The summed E-state index contributed by atoms with van der Waals surface area (Å²) in [5, 5.41) is 7.19. The molecule has 4 aromatic rings. The summed E-state index contributed by atoms with van der Waals surface area (Å²) in [6.07, 6.45) is 1.41. The van der Waals surface area contributed by atoms with E-state index < -0.39 is 30.2 Å². The summed E-state index contributed by atoms with van der Waals surface area (Å²) in [5.74, 6) is -1.43. The van der Waals surface area contributed by atoms with Gasteiger partial charge in [0.2, 0.25) is 5.91 Å². The highest BCUT2D eigenvalue weighted by Crippen LogP contribution is 2.38. The van der Waals surface area contributed by atoms with Gasteiger partial charge in [-0.25, -0.2) is 14.1 Å². The molecule has 10 heteroatoms. The molecule has 8 nitrogen and oxygen atoms in total. The Morgan fingerprint density at radius 1 is 1.05 bits per heavy atom. The van der Waals surface area contributed by atoms with Crippen LogP contribution in [0, 0.1) is 5.82 Å². The second-order valence-electron chi connectivity index (χ2n) is 8.87. The van der Waals surface area contributed by atoms with E-state index in [9.17, 15) is 18.8 Å². The van der Waals surface area contributed by atoms with Crippen molar-refractivity contribution in [1.29, 1.82) is 0 Å². The van der Waals surface area contributed by atoms with Crippen LogP contribution >= 0.6 is 11.6 Å². The molecule has 40 heavy (non-hydrogen) atoms. The number of methoxy groups -OCH3 is 1. The van der Waals surface area contributed by atoms with Crippen LogP contribution in [0.5, 0.6) is 11.5 Å². The highest BCUT2D eigenvalue weighted by Gasteiger charge is 2.35. The first-order valence-electron chi connectivity index (χ1n) is 12.2. The lowest BCUT2D eigenvalue weighted by Gasteiger charge is -2.14. The summed E-state index contributed by atoms with van der Waals surface area (Å²) >= 11 is 6.54. The van der Waals surface area contributed by atoms with Gasteiger partial charge in [-0.05, 0) is 52.2 Å². The van der Waals surface area contributed by atoms with Crippen LogP contribution in [0.2, 0.25) is 5.02 Å². The Balaban J connectivity index is 1.31. The van der Waals surface area contributed by atoms with Gasteiger partial charge < -0.3 is 20.1 Å². The fraction of sp³-hybridized carbons (Fsp3) is 0.100. The topological polar surface area (TPSA) is 97.0 Å². The largest absolute Gasteiger partial charge is 0.493 e. The molecule has 1 saturated heterocycles. The summed E-state index contributed by atoms with van der Waals surface area (Å²) < 4.78 is 25.4. The molecule has 0 spiro atoms. The number of hydrogen-bond donors (Lipinski definition) is 2. The van der Waals surface area contributed by atoms with Crippen molar-refractivity contribution in [2.24, 2.45) is 0 Å². The van der Waals surface area contributed by atoms with Gasteiger partial charge in [0.25, 0.3) is 5.91 Å². The van der Waals surface area contributed by atoms with Gasteiger partial charge in [0.15, 0.2) is 11.5 Å². The molecule has 0 atom stereocenters. The Kier molecular flexibility index (Phi) is 7.65. The molecule has 1 heterocycles. The van der Waals surface area contributed by atoms with Crippen molar-refractivity contribution in [3.8, 4) is 11.5 Å². The highest BCUT2D eigenvalue weighted by molar-refractivity contribution is 6.32. The van der Waals surface area contributed by atoms with Crippen molar-refractivity contribution in [1.82, 2.24) is 10.2 Å². The van der Waals surface area contributed by atoms with Gasteiger partial charge >= 0.3 is 6.03 Å². The molecule has 1 aliphatic heterocycles. The summed E-state index contributed by atoms with van der Waals surface area (Å²) in [6.45, 7) is -0.350. The number of benzene rings is 4. The number of halogens is 2. The summed E-state index contributed by atoms with van der Waals surface area (Å²) in [6, 6.07) is 21.9. The Hall–Kier alpha value is -4.89. The molecule has 4 aromatic carbocycles. The smallest absolute Gasteiger partial charge is 0.329 e. The number of amides is 4. The van der Waals surface area contributed by atoms with Gasteiger partial charge in [-0.2, -0.15) is 0 Å². The quantitative estimate of drug-likeness (QED) is 0.212. The van der Waals surface area contributed by atoms with E-state index in [1.807, 2.05) is 42.5 Å². The lowest BCUT2D eigenvalue weighted by atomic mass is 10.1. The number of fused-ring (bicyclic) bond motifs is 1. The van der Waals surface area contributed by atoms with E-state index in [1.54, 1.807) is 18.2 Å². The van der Waals surface area contributed by atoms with Crippen molar-refractivity contribution in [2.45, 2.75) is 6.61 Å². The van der Waals surface area contributed by atoms with E-state index in [4.69, 9.17) is 21.1 Å². The maximum absolute atomic E-state index is 13.8. The minimum absolute atomic E-state index is 0.0557. The van der Waals surface area contributed by atoms with Crippen LogP contribution in [0.3, 0.4) is 0 Å². The number of hydrogen-bond acceptors (Lipinski definition) is 5. The maximum Gasteiger partial charge on any atom is 0.329 e. The fourth-order valence-corrected chi connectivity index (χ4v) is 4.58. The third-order valence-electron chi connectivity index (χ3n) is 6.23. The standard InChI is InChI=1S/C30H23ClFN3O5/c1-39-26-15-18(13-22(31)28(26)40-17-20-9-6-8-19-7-2-3-10-21(19)20)14-25-29(37)35(30(38)34-25)16-27(36)33-24-12-5-4-11-23(24)32/h2-15H,16-17H2,1H3,(H,33,36)(H,34,38)/b25-14+. The molecule has 202 valence electrons. The first kappa shape index (κ1) is 26.7. The van der Waals surface area contributed by atoms with E-state index in [-0.39, 0.29) is 23.0 Å². The van der Waals surface area contributed by atoms with Crippen LogP contribution in [-0.4, -0.2) is 36.4 Å². The second-order valence-corrected chi connectivity index (χ2v) is 9.28. The number of urea groups is 1. The predicted octanol–water partition coefficient (Wildman–Crippen LogP) is 5.75. The zero-order valence-electron chi connectivity index (χ0n) is 21.2. The molecule has 0 bridgehead atoms. The first-order chi connectivity index (χ1) is 19.3. The molecular formula is C30H23ClFN3O5. The van der Waals surface area contributed by atoms with Crippen molar-refractivity contribution in [3.05, 3.63) is 107 Å². The molecule has 2 N–H and O–H groups in total. The van der Waals surface area contributed by atoms with Crippen molar-refractivity contribution < 1.29 is 28.2 Å². The molecule has 0 saturated carbocycles. The van der Waals surface area contributed by atoms with Gasteiger partial charge in [-0.3, -0.25) is 9.59 Å². The zero-order chi connectivity index (χ0) is 28.2. The van der Waals surface area contributed by atoms with Gasteiger partial charge in [0, 0.05) is 0 Å². The molecule has 5 rings (SSSR count). The van der Waals surface area contributed by atoms with Crippen molar-refractivity contribution in [3.63, 3.8) is 0 Å². The van der Waals surface area contributed by atoms with E-state index in [2.05, 4.69) is 10.6 Å². The van der Waals surface area contributed by atoms with E-state index in [0.29, 0.717) is 17.1 Å². The van der Waals surface area contributed by atoms with Crippen molar-refractivity contribution in [2.75, 3.05) is 19.0 Å². The zero-order valence-corrected chi connectivity index (χ0v) is 22.0. The minimum atomic E-state index is -0.784. The molecule has 0 aromatic heterocycles. The number of nitrogens with zero attached hydrogens (tertiary/aromatic N) is 1. The third-order valence-corrected chi connectivity index (χ3v) is 6.51. The number of para-hydroxylation sites is 1. The first-order valence-corrected chi connectivity index (χ1v) is 12.6. The van der Waals surface area contributed by atoms with Crippen LogP contribution < -0.4 is 20.1 Å². The van der Waals surface area contributed by atoms with Gasteiger partial charge in [-0.15, -0.1) is 0 Å². The van der Waals surface area contributed by atoms with Crippen LogP contribution in [-0.2, 0) is 16.2 Å². The number of rotatable bonds is 8. The molecule has 1 fully saturated rings. The number of carbonyl (C=O) groups excluding carboxylic acids is 3. The van der Waals surface area contributed by atoms with E-state index >= 15 is 0 Å². The molecular weight excluding hydrogens is 537 g/mol. The average Bonchev–Trinajstić information content (AvgIpc) is 3.20. The third kappa shape index (κ3) is 5.60. The molecule has 0 aliphatic carbocycles. The van der Waals surface area contributed by atoms with Crippen LogP contribution in [0.15, 0.2) is 84.6 Å². The van der Waals surface area contributed by atoms with Crippen LogP contribution in [0.1, 0.15) is 11.1 Å². The Labute approximate surface area is 233 Å². The normalized spacial score (nSPS) is 14.0. The summed E-state index contributed by atoms with van der Waals surface area (Å²) in [7, 11) is 1.46. The van der Waals surface area contributed by atoms with E-state index in [0.717, 1.165) is 21.2 Å². The predicted molar refractivity (Wildman–Crippen MR) is 150 cm³/mol. The number of ether oxygens (including phenoxy) is 2. The SMILES string of the molecule is COc1cc(/C=C2/NC(=O)N(CC(=O)Nc3ccccc3F)C2=O)cc(Cl)c1OCc1cccc2ccccc12. The van der Waals surface area contributed by atoms with Crippen LogP contribution in [0.4, 0.5) is 14.9 Å². The highest BCUT2D eigenvalue weighted by atomic mass is 35.5. The van der Waals surface area contributed by atoms with Gasteiger partial charge in [-0.1, -0.05) is 66.2 Å². The summed E-state index contributed by atoms with van der Waals surface area (Å²) in [5.41, 5.74) is 1.31. The Morgan fingerprint density at radius 3 is 2.60 bits per heavy atom. The molecule has 0 unspecified atom stereocenters. The van der Waals surface area contributed by atoms with Gasteiger partial charge in [0.05, 0.1) is 17.8 Å². The fourth-order valence-electron chi connectivity index (χ4n) is 4.31. The minimum Gasteiger partial charge on any atom is -0.493 e. The van der Waals surface area contributed by atoms with Crippen molar-refractivity contribution >= 4 is 52.0 Å². The van der Waals surface area contributed by atoms with Crippen LogP contribution in [0.25, 0.3) is 16.8 Å². The number of imide groups is 1. The molecule has 4 amide bonds. The second kappa shape index (κ2) is 11.5.